The van der Waals surface area contributed by atoms with Gasteiger partial charge in [0.1, 0.15) is 6.04 Å². The molecule has 0 saturated heterocycles. The summed E-state index contributed by atoms with van der Waals surface area (Å²) in [6.07, 6.45) is 1.62. The van der Waals surface area contributed by atoms with Gasteiger partial charge >= 0.3 is 5.97 Å². The van der Waals surface area contributed by atoms with E-state index in [-0.39, 0.29) is 18.1 Å². The maximum atomic E-state index is 11.1. The topological polar surface area (TPSA) is 50.7 Å². The number of ether oxygens (including phenoxy) is 1. The van der Waals surface area contributed by atoms with E-state index in [0.29, 0.717) is 6.61 Å². The Labute approximate surface area is 72.0 Å². The van der Waals surface area contributed by atoms with Gasteiger partial charge in [-0.1, -0.05) is 0 Å². The predicted molar refractivity (Wildman–Crippen MR) is 46.4 cm³/mol. The van der Waals surface area contributed by atoms with Crippen molar-refractivity contribution in [2.75, 3.05) is 13.2 Å². The lowest BCUT2D eigenvalue weighted by atomic mass is 10.2. The second kappa shape index (κ2) is 4.21. The van der Waals surface area contributed by atoms with Crippen molar-refractivity contribution in [2.24, 2.45) is 4.99 Å². The number of aliphatic imine (C=N–C) groups is 1. The van der Waals surface area contributed by atoms with Gasteiger partial charge in [0.25, 0.3) is 0 Å². The van der Waals surface area contributed by atoms with E-state index < -0.39 is 0 Å². The van der Waals surface area contributed by atoms with Crippen molar-refractivity contribution in [3.05, 3.63) is 0 Å². The van der Waals surface area contributed by atoms with Gasteiger partial charge in [-0.3, -0.25) is 10.3 Å². The maximum absolute atomic E-state index is 11.1. The lowest BCUT2D eigenvalue weighted by Gasteiger charge is -2.19. The summed E-state index contributed by atoms with van der Waals surface area (Å²) in [6, 6.07) is -0.0863. The Kier molecular flexibility index (Phi) is 3.22. The standard InChI is InChI=1S/C8H14N2O2/c1-3-12-8(11)7-5-9-6(2)4-10-7/h5-7,10H,3-4H2,1-2H3. The van der Waals surface area contributed by atoms with Crippen LogP contribution in [0.4, 0.5) is 0 Å². The Bertz CT molecular complexity index is 191. The highest BCUT2D eigenvalue weighted by molar-refractivity contribution is 5.94. The van der Waals surface area contributed by atoms with Crippen molar-refractivity contribution >= 4 is 12.2 Å². The van der Waals surface area contributed by atoms with Gasteiger partial charge in [-0.15, -0.1) is 0 Å². The van der Waals surface area contributed by atoms with E-state index in [1.807, 2.05) is 6.92 Å². The second-order valence-electron chi connectivity index (χ2n) is 2.79. The monoisotopic (exact) mass is 170 g/mol. The lowest BCUT2D eigenvalue weighted by Crippen LogP contribution is -2.45. The molecule has 1 N–H and O–H groups in total. The van der Waals surface area contributed by atoms with Crippen LogP contribution in [0.15, 0.2) is 4.99 Å². The molecule has 4 heteroatoms. The molecule has 0 saturated carbocycles. The third-order valence-electron chi connectivity index (χ3n) is 1.66. The van der Waals surface area contributed by atoms with Crippen molar-refractivity contribution in [2.45, 2.75) is 25.9 Å². The number of hydrogen-bond acceptors (Lipinski definition) is 4. The molecular formula is C8H14N2O2. The smallest absolute Gasteiger partial charge is 0.328 e. The fourth-order valence-corrected chi connectivity index (χ4v) is 1.01. The Morgan fingerprint density at radius 2 is 2.58 bits per heavy atom. The molecule has 0 amide bonds. The molecule has 0 fully saturated rings. The van der Waals surface area contributed by atoms with E-state index in [9.17, 15) is 4.79 Å². The minimum Gasteiger partial charge on any atom is -0.465 e. The first kappa shape index (κ1) is 9.19. The third kappa shape index (κ3) is 2.30. The zero-order chi connectivity index (χ0) is 8.97. The first-order chi connectivity index (χ1) is 5.74. The molecule has 0 aromatic carbocycles. The quantitative estimate of drug-likeness (QED) is 0.592. The minimum absolute atomic E-state index is 0.242. The molecule has 1 rings (SSSR count). The molecule has 12 heavy (non-hydrogen) atoms. The fraction of sp³-hybridized carbons (Fsp3) is 0.750. The van der Waals surface area contributed by atoms with Crippen LogP contribution in [0.5, 0.6) is 0 Å². The molecule has 0 radical (unpaired) electrons. The van der Waals surface area contributed by atoms with Crippen LogP contribution >= 0.6 is 0 Å². The molecule has 0 aromatic heterocycles. The fourth-order valence-electron chi connectivity index (χ4n) is 1.01. The summed E-state index contributed by atoms with van der Waals surface area (Å²) in [5.74, 6) is -0.242. The molecule has 68 valence electrons. The predicted octanol–water partition coefficient (Wildman–Crippen LogP) is -0.0194. The number of nitrogens with zero attached hydrogens (tertiary/aromatic N) is 1. The second-order valence-corrected chi connectivity index (χ2v) is 2.79. The number of hydrogen-bond donors (Lipinski definition) is 1. The Hall–Kier alpha value is -0.900. The summed E-state index contributed by atoms with van der Waals surface area (Å²) in [6.45, 7) is 4.94. The third-order valence-corrected chi connectivity index (χ3v) is 1.66. The van der Waals surface area contributed by atoms with Gasteiger partial charge in [-0.25, -0.2) is 4.79 Å². The van der Waals surface area contributed by atoms with Crippen molar-refractivity contribution in [3.8, 4) is 0 Å². The van der Waals surface area contributed by atoms with Crippen LogP contribution < -0.4 is 5.32 Å². The van der Waals surface area contributed by atoms with E-state index in [4.69, 9.17) is 4.74 Å². The summed E-state index contributed by atoms with van der Waals surface area (Å²) in [5, 5.41) is 3.03. The van der Waals surface area contributed by atoms with Crippen molar-refractivity contribution in [1.82, 2.24) is 5.32 Å². The molecule has 0 spiro atoms. The summed E-state index contributed by atoms with van der Waals surface area (Å²) in [5.41, 5.74) is 0. The molecule has 2 atom stereocenters. The molecule has 0 aliphatic carbocycles. The first-order valence-corrected chi connectivity index (χ1v) is 4.17. The summed E-state index contributed by atoms with van der Waals surface area (Å²) >= 11 is 0. The Morgan fingerprint density at radius 1 is 1.83 bits per heavy atom. The average Bonchev–Trinajstić information content (AvgIpc) is 2.06. The van der Waals surface area contributed by atoms with Gasteiger partial charge in [-0.05, 0) is 13.8 Å². The molecule has 1 heterocycles. The summed E-state index contributed by atoms with van der Waals surface area (Å²) in [4.78, 5) is 15.3. The SMILES string of the molecule is CCOC(=O)C1C=NC(C)CN1. The largest absolute Gasteiger partial charge is 0.465 e. The van der Waals surface area contributed by atoms with E-state index in [0.717, 1.165) is 6.54 Å². The van der Waals surface area contributed by atoms with Crippen LogP contribution in [0.25, 0.3) is 0 Å². The Morgan fingerprint density at radius 3 is 3.08 bits per heavy atom. The van der Waals surface area contributed by atoms with Gasteiger partial charge < -0.3 is 4.74 Å². The molecule has 2 unspecified atom stereocenters. The number of carbonyl (C=O) groups is 1. The zero-order valence-electron chi connectivity index (χ0n) is 7.41. The van der Waals surface area contributed by atoms with Crippen LogP contribution in [0.3, 0.4) is 0 Å². The van der Waals surface area contributed by atoms with E-state index >= 15 is 0 Å². The number of nitrogens with one attached hydrogen (secondary N) is 1. The highest BCUT2D eigenvalue weighted by Gasteiger charge is 2.20. The average molecular weight is 170 g/mol. The normalized spacial score (nSPS) is 28.5. The van der Waals surface area contributed by atoms with Gasteiger partial charge in [-0.2, -0.15) is 0 Å². The minimum atomic E-state index is -0.346. The Balaban J connectivity index is 2.43. The number of rotatable bonds is 2. The number of carbonyl (C=O) groups excluding carboxylic acids is 1. The van der Waals surface area contributed by atoms with E-state index in [2.05, 4.69) is 10.3 Å². The molecule has 0 aromatic rings. The highest BCUT2D eigenvalue weighted by atomic mass is 16.5. The molecule has 1 aliphatic rings. The van der Waals surface area contributed by atoms with Gasteiger partial charge in [0, 0.05) is 12.8 Å². The lowest BCUT2D eigenvalue weighted by molar-refractivity contribution is -0.143. The zero-order valence-corrected chi connectivity index (χ0v) is 7.41. The highest BCUT2D eigenvalue weighted by Crippen LogP contribution is 1.96. The maximum Gasteiger partial charge on any atom is 0.328 e. The number of esters is 1. The van der Waals surface area contributed by atoms with Crippen LogP contribution in [-0.4, -0.2) is 37.4 Å². The van der Waals surface area contributed by atoms with Crippen molar-refractivity contribution < 1.29 is 9.53 Å². The van der Waals surface area contributed by atoms with Crippen LogP contribution in [0, 0.1) is 0 Å². The van der Waals surface area contributed by atoms with Gasteiger partial charge in [0.2, 0.25) is 0 Å². The van der Waals surface area contributed by atoms with Gasteiger partial charge in [0.15, 0.2) is 0 Å². The van der Waals surface area contributed by atoms with Gasteiger partial charge in [0.05, 0.1) is 12.6 Å². The molecular weight excluding hydrogens is 156 g/mol. The van der Waals surface area contributed by atoms with Crippen LogP contribution in [-0.2, 0) is 9.53 Å². The van der Waals surface area contributed by atoms with Crippen LogP contribution in [0.2, 0.25) is 0 Å². The van der Waals surface area contributed by atoms with Crippen LogP contribution in [0.1, 0.15) is 13.8 Å². The molecule has 1 aliphatic heterocycles. The van der Waals surface area contributed by atoms with Crippen molar-refractivity contribution in [1.29, 1.82) is 0 Å². The molecule has 4 nitrogen and oxygen atoms in total. The van der Waals surface area contributed by atoms with E-state index in [1.165, 1.54) is 0 Å². The molecule has 0 bridgehead atoms. The summed E-state index contributed by atoms with van der Waals surface area (Å²) < 4.78 is 4.82. The first-order valence-electron chi connectivity index (χ1n) is 4.17. The van der Waals surface area contributed by atoms with Crippen molar-refractivity contribution in [3.63, 3.8) is 0 Å². The summed E-state index contributed by atoms with van der Waals surface area (Å²) in [7, 11) is 0. The van der Waals surface area contributed by atoms with E-state index in [1.54, 1.807) is 13.1 Å².